The summed E-state index contributed by atoms with van der Waals surface area (Å²) in [5.74, 6) is 0.718. The van der Waals surface area contributed by atoms with E-state index in [1.807, 2.05) is 37.3 Å². The lowest BCUT2D eigenvalue weighted by molar-refractivity contribution is -0.868. The molecule has 0 aliphatic rings. The van der Waals surface area contributed by atoms with Crippen molar-refractivity contribution in [1.82, 2.24) is 0 Å². The second kappa shape index (κ2) is 14.3. The minimum atomic E-state index is 0.0518. The van der Waals surface area contributed by atoms with Crippen LogP contribution in [0.25, 0.3) is 0 Å². The SMILES string of the molecule is CCOc1ccccc1CO[O-].CC[N+](C)(C)C.CCc1ccccc1. The number of hydrogen-bond donors (Lipinski definition) is 0. The van der Waals surface area contributed by atoms with Gasteiger partial charge in [0.15, 0.2) is 0 Å². The zero-order valence-corrected chi connectivity index (χ0v) is 17.2. The van der Waals surface area contributed by atoms with E-state index in [0.717, 1.165) is 22.2 Å². The monoisotopic (exact) mass is 361 g/mol. The molecular formula is C22H35NO3. The van der Waals surface area contributed by atoms with Crippen molar-refractivity contribution < 1.29 is 19.4 Å². The van der Waals surface area contributed by atoms with Crippen molar-refractivity contribution in [2.75, 3.05) is 34.3 Å². The van der Waals surface area contributed by atoms with Crippen molar-refractivity contribution in [3.05, 3.63) is 65.7 Å². The van der Waals surface area contributed by atoms with E-state index >= 15 is 0 Å². The lowest BCUT2D eigenvalue weighted by atomic mass is 10.2. The van der Waals surface area contributed by atoms with E-state index in [1.54, 1.807) is 0 Å². The number of hydrogen-bond acceptors (Lipinski definition) is 3. The average molecular weight is 362 g/mol. The molecule has 4 nitrogen and oxygen atoms in total. The van der Waals surface area contributed by atoms with Crippen molar-refractivity contribution in [3.63, 3.8) is 0 Å². The number of para-hydroxylation sites is 1. The van der Waals surface area contributed by atoms with Crippen LogP contribution in [0.3, 0.4) is 0 Å². The highest BCUT2D eigenvalue weighted by atomic mass is 17.1. The number of nitrogens with zero attached hydrogens (tertiary/aromatic N) is 1. The van der Waals surface area contributed by atoms with Gasteiger partial charge in [0.05, 0.1) is 40.9 Å². The molecule has 0 heterocycles. The van der Waals surface area contributed by atoms with Gasteiger partial charge in [0.1, 0.15) is 5.75 Å². The van der Waals surface area contributed by atoms with E-state index in [1.165, 1.54) is 12.1 Å². The van der Waals surface area contributed by atoms with Crippen LogP contribution in [0, 0.1) is 0 Å². The lowest BCUT2D eigenvalue weighted by Crippen LogP contribution is -2.33. The molecule has 0 radical (unpaired) electrons. The van der Waals surface area contributed by atoms with Gasteiger partial charge in [0.2, 0.25) is 0 Å². The van der Waals surface area contributed by atoms with Crippen LogP contribution in [0.15, 0.2) is 54.6 Å². The van der Waals surface area contributed by atoms with E-state index in [9.17, 15) is 5.26 Å². The highest BCUT2D eigenvalue weighted by Crippen LogP contribution is 2.17. The van der Waals surface area contributed by atoms with Gasteiger partial charge in [0, 0.05) is 5.56 Å². The third-order valence-corrected chi connectivity index (χ3v) is 3.69. The Morgan fingerprint density at radius 1 is 0.846 bits per heavy atom. The second-order valence-corrected chi connectivity index (χ2v) is 6.75. The fourth-order valence-electron chi connectivity index (χ4n) is 1.70. The molecule has 0 saturated heterocycles. The van der Waals surface area contributed by atoms with Gasteiger partial charge in [-0.05, 0) is 31.9 Å². The van der Waals surface area contributed by atoms with Crippen LogP contribution in [-0.2, 0) is 17.9 Å². The third-order valence-electron chi connectivity index (χ3n) is 3.69. The largest absolute Gasteiger partial charge is 0.723 e. The second-order valence-electron chi connectivity index (χ2n) is 6.75. The first-order valence-electron chi connectivity index (χ1n) is 9.17. The van der Waals surface area contributed by atoms with E-state index in [0.29, 0.717) is 6.61 Å². The maximum absolute atomic E-state index is 9.90. The quantitative estimate of drug-likeness (QED) is 0.446. The Kier molecular flexibility index (Phi) is 13.3. The molecule has 0 amide bonds. The summed E-state index contributed by atoms with van der Waals surface area (Å²) in [6.07, 6.45) is 1.14. The third kappa shape index (κ3) is 12.5. The summed E-state index contributed by atoms with van der Waals surface area (Å²) in [7, 11) is 6.54. The van der Waals surface area contributed by atoms with Gasteiger partial charge >= 0.3 is 0 Å². The highest BCUT2D eigenvalue weighted by molar-refractivity contribution is 5.32. The molecule has 0 aliphatic heterocycles. The summed E-state index contributed by atoms with van der Waals surface area (Å²) in [6.45, 7) is 8.09. The fraction of sp³-hybridized carbons (Fsp3) is 0.455. The standard InChI is InChI=1S/C9H12O3.C8H10.C5H14N/c1-2-11-9-6-4-3-5-8(9)7-12-10;1-2-8-6-4-3-5-7-8;1-5-6(2,3)4/h3-6,10H,2,7H2,1H3;3-7H,2H2,1H3;5H2,1-4H3/q;;+1/p-1. The molecule has 26 heavy (non-hydrogen) atoms. The molecule has 0 spiro atoms. The number of quaternary nitrogens is 1. The molecule has 0 atom stereocenters. The Labute approximate surface area is 159 Å². The summed E-state index contributed by atoms with van der Waals surface area (Å²) >= 11 is 0. The van der Waals surface area contributed by atoms with Gasteiger partial charge in [0.25, 0.3) is 0 Å². The molecule has 2 aromatic carbocycles. The summed E-state index contributed by atoms with van der Waals surface area (Å²) in [5, 5.41) is 9.90. The molecule has 0 aromatic heterocycles. The van der Waals surface area contributed by atoms with E-state index < -0.39 is 0 Å². The van der Waals surface area contributed by atoms with Gasteiger partial charge in [-0.25, -0.2) is 0 Å². The van der Waals surface area contributed by atoms with Crippen LogP contribution in [0.2, 0.25) is 0 Å². The topological polar surface area (TPSA) is 41.5 Å². The highest BCUT2D eigenvalue weighted by Gasteiger charge is 1.99. The smallest absolute Gasteiger partial charge is 0.124 e. The first kappa shape index (κ1) is 24.1. The molecule has 0 bridgehead atoms. The van der Waals surface area contributed by atoms with Crippen molar-refractivity contribution >= 4 is 0 Å². The zero-order chi connectivity index (χ0) is 19.8. The van der Waals surface area contributed by atoms with Crippen molar-refractivity contribution in [2.24, 2.45) is 0 Å². The first-order chi connectivity index (χ1) is 12.4. The maximum atomic E-state index is 9.90. The average Bonchev–Trinajstić information content (AvgIpc) is 2.65. The summed E-state index contributed by atoms with van der Waals surface area (Å²) < 4.78 is 6.34. The van der Waals surface area contributed by atoms with Gasteiger partial charge in [-0.15, -0.1) is 0 Å². The Morgan fingerprint density at radius 3 is 1.81 bits per heavy atom. The number of benzene rings is 2. The molecule has 0 fully saturated rings. The number of ether oxygens (including phenoxy) is 1. The molecule has 2 aromatic rings. The van der Waals surface area contributed by atoms with Crippen LogP contribution >= 0.6 is 0 Å². The number of aryl methyl sites for hydroxylation is 1. The molecule has 4 heteroatoms. The summed E-state index contributed by atoms with van der Waals surface area (Å²) in [6, 6.07) is 17.8. The number of rotatable bonds is 6. The molecule has 146 valence electrons. The summed E-state index contributed by atoms with van der Waals surface area (Å²) in [5.41, 5.74) is 2.20. The predicted octanol–water partition coefficient (Wildman–Crippen LogP) is 3.84. The van der Waals surface area contributed by atoms with Crippen LogP contribution in [0.5, 0.6) is 5.75 Å². The Bertz CT molecular complexity index is 540. The molecule has 0 unspecified atom stereocenters. The predicted molar refractivity (Wildman–Crippen MR) is 107 cm³/mol. The van der Waals surface area contributed by atoms with E-state index in [2.05, 4.69) is 64.1 Å². The van der Waals surface area contributed by atoms with Crippen molar-refractivity contribution in [2.45, 2.75) is 33.8 Å². The van der Waals surface area contributed by atoms with Gasteiger partial charge < -0.3 is 19.4 Å². The lowest BCUT2D eigenvalue weighted by Gasteiger charge is -2.20. The minimum absolute atomic E-state index is 0.0518. The van der Waals surface area contributed by atoms with E-state index in [-0.39, 0.29) is 6.61 Å². The Morgan fingerprint density at radius 2 is 1.38 bits per heavy atom. The van der Waals surface area contributed by atoms with Crippen LogP contribution in [0.1, 0.15) is 31.9 Å². The van der Waals surface area contributed by atoms with Crippen LogP contribution in [0.4, 0.5) is 0 Å². The summed E-state index contributed by atoms with van der Waals surface area (Å²) in [4.78, 5) is 3.78. The van der Waals surface area contributed by atoms with Crippen LogP contribution < -0.4 is 9.99 Å². The maximum Gasteiger partial charge on any atom is 0.124 e. The Hall–Kier alpha value is -1.88. The molecule has 0 N–H and O–H groups in total. The van der Waals surface area contributed by atoms with Crippen molar-refractivity contribution in [3.8, 4) is 5.75 Å². The Balaban J connectivity index is 0.000000388. The van der Waals surface area contributed by atoms with Crippen LogP contribution in [-0.4, -0.2) is 38.8 Å². The minimum Gasteiger partial charge on any atom is -0.723 e. The molecule has 0 aliphatic carbocycles. The van der Waals surface area contributed by atoms with Gasteiger partial charge in [-0.1, -0.05) is 55.5 Å². The fourth-order valence-corrected chi connectivity index (χ4v) is 1.70. The van der Waals surface area contributed by atoms with Crippen molar-refractivity contribution in [1.29, 1.82) is 0 Å². The van der Waals surface area contributed by atoms with E-state index in [4.69, 9.17) is 4.74 Å². The first-order valence-corrected chi connectivity index (χ1v) is 9.17. The normalized spacial score (nSPS) is 10.1. The van der Waals surface area contributed by atoms with Gasteiger partial charge in [-0.2, -0.15) is 0 Å². The van der Waals surface area contributed by atoms with Gasteiger partial charge in [-0.3, -0.25) is 0 Å². The molecular weight excluding hydrogens is 326 g/mol. The zero-order valence-electron chi connectivity index (χ0n) is 17.2. The molecule has 0 saturated carbocycles. The molecule has 2 rings (SSSR count).